The fourth-order valence-corrected chi connectivity index (χ4v) is 5.80. The number of rotatable bonds is 3. The number of likely N-dealkylation sites (tertiary alicyclic amines) is 1. The van der Waals surface area contributed by atoms with Crippen molar-refractivity contribution < 1.29 is 18.4 Å². The highest BCUT2D eigenvalue weighted by Gasteiger charge is 2.57. The van der Waals surface area contributed by atoms with Crippen LogP contribution in [0.15, 0.2) is 54.6 Å². The summed E-state index contributed by atoms with van der Waals surface area (Å²) in [4.78, 5) is 30.7. The SMILES string of the molecule is CN1C(=N)NC2(c3ccc(-c4ccc(F)c(N)c4)s3)CN(C(=O)c3cccc(F)c3)CC2C1=O. The number of anilines is 1. The minimum atomic E-state index is -1.02. The summed E-state index contributed by atoms with van der Waals surface area (Å²) in [5.41, 5.74) is 5.66. The molecule has 2 aliphatic heterocycles. The standard InChI is InChI=1S/C24H21F2N5O2S/c1-30-22(33)16-11-31(21(32)14-3-2-4-15(25)9-14)12-24(16,29-23(30)28)20-8-7-19(34-20)13-5-6-17(26)18(27)10-13/h2-10,16H,11-12,27H2,1H3,(H2,28,29). The Morgan fingerprint density at radius 1 is 1.21 bits per heavy atom. The van der Waals surface area contributed by atoms with E-state index in [1.165, 1.54) is 58.5 Å². The lowest BCUT2D eigenvalue weighted by molar-refractivity contribution is -0.134. The van der Waals surface area contributed by atoms with Crippen molar-refractivity contribution in [2.24, 2.45) is 5.92 Å². The van der Waals surface area contributed by atoms with Crippen molar-refractivity contribution in [3.63, 3.8) is 0 Å². The van der Waals surface area contributed by atoms with Crippen LogP contribution in [0.3, 0.4) is 0 Å². The molecule has 7 nitrogen and oxygen atoms in total. The molecule has 2 amide bonds. The van der Waals surface area contributed by atoms with E-state index in [2.05, 4.69) is 5.32 Å². The molecule has 0 radical (unpaired) electrons. The van der Waals surface area contributed by atoms with Gasteiger partial charge in [-0.05, 0) is 48.0 Å². The van der Waals surface area contributed by atoms with Crippen molar-refractivity contribution >= 4 is 34.8 Å². The van der Waals surface area contributed by atoms with Gasteiger partial charge < -0.3 is 16.0 Å². The van der Waals surface area contributed by atoms with Gasteiger partial charge in [-0.25, -0.2) is 8.78 Å². The van der Waals surface area contributed by atoms with Gasteiger partial charge in [-0.2, -0.15) is 0 Å². The van der Waals surface area contributed by atoms with Crippen molar-refractivity contribution in [2.45, 2.75) is 5.54 Å². The molecule has 2 aromatic carbocycles. The van der Waals surface area contributed by atoms with Crippen LogP contribution in [0.25, 0.3) is 10.4 Å². The second-order valence-corrected chi connectivity index (χ2v) is 9.57. The van der Waals surface area contributed by atoms with Crippen molar-refractivity contribution in [1.29, 1.82) is 5.41 Å². The average molecular weight is 482 g/mol. The molecular formula is C24H21F2N5O2S. The zero-order chi connectivity index (χ0) is 24.2. The molecule has 0 aliphatic carbocycles. The highest BCUT2D eigenvalue weighted by atomic mass is 32.1. The number of nitrogens with two attached hydrogens (primary N) is 1. The molecular weight excluding hydrogens is 460 g/mol. The van der Waals surface area contributed by atoms with E-state index in [0.717, 1.165) is 15.3 Å². The zero-order valence-electron chi connectivity index (χ0n) is 18.1. The highest BCUT2D eigenvalue weighted by Crippen LogP contribution is 2.45. The first kappa shape index (κ1) is 22.0. The van der Waals surface area contributed by atoms with Crippen LogP contribution < -0.4 is 11.1 Å². The summed E-state index contributed by atoms with van der Waals surface area (Å²) in [6.45, 7) is 0.246. The third-order valence-electron chi connectivity index (χ3n) is 6.43. The summed E-state index contributed by atoms with van der Waals surface area (Å²) in [5.74, 6) is -2.40. The Morgan fingerprint density at radius 3 is 2.74 bits per heavy atom. The predicted molar refractivity (Wildman–Crippen MR) is 125 cm³/mol. The number of amides is 2. The number of nitrogens with zero attached hydrogens (tertiary/aromatic N) is 2. The number of carbonyl (C=O) groups is 2. The number of nitrogens with one attached hydrogen (secondary N) is 2. The molecule has 0 spiro atoms. The normalized spacial score (nSPS) is 22.0. The van der Waals surface area contributed by atoms with Crippen LogP contribution in [-0.2, 0) is 10.3 Å². The average Bonchev–Trinajstić information content (AvgIpc) is 3.45. The van der Waals surface area contributed by atoms with Crippen LogP contribution in [0, 0.1) is 23.0 Å². The van der Waals surface area contributed by atoms with E-state index in [0.29, 0.717) is 0 Å². The number of halogens is 2. The molecule has 2 fully saturated rings. The van der Waals surface area contributed by atoms with Gasteiger partial charge in [0.25, 0.3) is 5.91 Å². The fourth-order valence-electron chi connectivity index (χ4n) is 4.61. The Bertz CT molecular complexity index is 1340. The van der Waals surface area contributed by atoms with Crippen LogP contribution in [0.2, 0.25) is 0 Å². The van der Waals surface area contributed by atoms with Crippen LogP contribution in [-0.4, -0.2) is 47.7 Å². The highest BCUT2D eigenvalue weighted by molar-refractivity contribution is 7.15. The number of guanidine groups is 1. The summed E-state index contributed by atoms with van der Waals surface area (Å²) in [5, 5.41) is 11.5. The molecule has 34 heavy (non-hydrogen) atoms. The second-order valence-electron chi connectivity index (χ2n) is 8.49. The van der Waals surface area contributed by atoms with Gasteiger partial charge in [0.2, 0.25) is 5.91 Å². The molecule has 174 valence electrons. The van der Waals surface area contributed by atoms with Crippen LogP contribution >= 0.6 is 11.3 Å². The maximum atomic E-state index is 13.7. The maximum absolute atomic E-state index is 13.7. The van der Waals surface area contributed by atoms with Gasteiger partial charge in [0, 0.05) is 35.5 Å². The van der Waals surface area contributed by atoms with E-state index < -0.39 is 23.1 Å². The number of benzene rings is 2. The molecule has 5 rings (SSSR count). The van der Waals surface area contributed by atoms with E-state index >= 15 is 0 Å². The Kier molecular flexibility index (Phi) is 5.12. The van der Waals surface area contributed by atoms with Gasteiger partial charge in [-0.15, -0.1) is 11.3 Å². The first-order valence-electron chi connectivity index (χ1n) is 10.5. The number of nitrogen functional groups attached to an aromatic ring is 1. The predicted octanol–water partition coefficient (Wildman–Crippen LogP) is 3.24. The quantitative estimate of drug-likeness (QED) is 0.500. The number of carbonyl (C=O) groups excluding carboxylic acids is 2. The Labute approximate surface area is 198 Å². The Hall–Kier alpha value is -3.79. The van der Waals surface area contributed by atoms with Crippen molar-refractivity contribution in [1.82, 2.24) is 15.1 Å². The molecule has 3 heterocycles. The largest absolute Gasteiger partial charge is 0.396 e. The van der Waals surface area contributed by atoms with Gasteiger partial charge >= 0.3 is 0 Å². The van der Waals surface area contributed by atoms with Gasteiger partial charge in [-0.3, -0.25) is 19.9 Å². The minimum absolute atomic E-state index is 0.0330. The second kappa shape index (κ2) is 7.91. The molecule has 2 aliphatic rings. The first-order chi connectivity index (χ1) is 16.2. The maximum Gasteiger partial charge on any atom is 0.254 e. The van der Waals surface area contributed by atoms with Gasteiger partial charge in [0.15, 0.2) is 5.96 Å². The molecule has 1 aromatic heterocycles. The third-order valence-corrected chi connectivity index (χ3v) is 7.74. The lowest BCUT2D eigenvalue weighted by atomic mass is 9.83. The topological polar surface area (TPSA) is 103 Å². The number of fused-ring (bicyclic) bond motifs is 1. The van der Waals surface area contributed by atoms with E-state index in [9.17, 15) is 18.4 Å². The van der Waals surface area contributed by atoms with Gasteiger partial charge in [0.1, 0.15) is 17.2 Å². The van der Waals surface area contributed by atoms with Crippen molar-refractivity contribution in [3.05, 3.63) is 76.7 Å². The van der Waals surface area contributed by atoms with Crippen LogP contribution in [0.1, 0.15) is 15.2 Å². The summed E-state index contributed by atoms with van der Waals surface area (Å²) in [6, 6.07) is 13.6. The summed E-state index contributed by atoms with van der Waals surface area (Å²) < 4.78 is 27.4. The molecule has 2 atom stereocenters. The first-order valence-corrected chi connectivity index (χ1v) is 11.4. The molecule has 10 heteroatoms. The van der Waals surface area contributed by atoms with Crippen molar-refractivity contribution in [2.75, 3.05) is 25.9 Å². The summed E-state index contributed by atoms with van der Waals surface area (Å²) in [6.07, 6.45) is 0. The van der Waals surface area contributed by atoms with E-state index in [4.69, 9.17) is 11.1 Å². The number of thiophene rings is 1. The Morgan fingerprint density at radius 2 is 2.00 bits per heavy atom. The summed E-state index contributed by atoms with van der Waals surface area (Å²) >= 11 is 1.39. The van der Waals surface area contributed by atoms with E-state index in [1.807, 2.05) is 12.1 Å². The van der Waals surface area contributed by atoms with Gasteiger partial charge in [-0.1, -0.05) is 12.1 Å². The third kappa shape index (κ3) is 3.41. The van der Waals surface area contributed by atoms with Crippen LogP contribution in [0.5, 0.6) is 0 Å². The van der Waals surface area contributed by atoms with E-state index in [1.54, 1.807) is 12.1 Å². The van der Waals surface area contributed by atoms with Crippen LogP contribution in [0.4, 0.5) is 14.5 Å². The molecule has 3 aromatic rings. The smallest absolute Gasteiger partial charge is 0.254 e. The zero-order valence-corrected chi connectivity index (χ0v) is 19.0. The Balaban J connectivity index is 1.55. The lowest BCUT2D eigenvalue weighted by Gasteiger charge is -2.42. The van der Waals surface area contributed by atoms with E-state index in [-0.39, 0.29) is 42.1 Å². The molecule has 2 unspecified atom stereocenters. The molecule has 4 N–H and O–H groups in total. The minimum Gasteiger partial charge on any atom is -0.396 e. The molecule has 2 saturated heterocycles. The van der Waals surface area contributed by atoms with Gasteiger partial charge in [0.05, 0.1) is 11.6 Å². The lowest BCUT2D eigenvalue weighted by Crippen LogP contribution is -2.64. The van der Waals surface area contributed by atoms with Crippen molar-refractivity contribution in [3.8, 4) is 10.4 Å². The molecule has 0 bridgehead atoms. The summed E-state index contributed by atoms with van der Waals surface area (Å²) in [7, 11) is 1.51. The number of hydrogen-bond donors (Lipinski definition) is 3. The monoisotopic (exact) mass is 481 g/mol. The molecule has 0 saturated carbocycles. The number of hydrogen-bond acceptors (Lipinski definition) is 5. The fraction of sp³-hybridized carbons (Fsp3) is 0.208.